The van der Waals surface area contributed by atoms with E-state index in [2.05, 4.69) is 9.44 Å². The Hall–Kier alpha value is -4.81. The minimum atomic E-state index is -4.12. The summed E-state index contributed by atoms with van der Waals surface area (Å²) in [6.07, 6.45) is 2.95. The van der Waals surface area contributed by atoms with Crippen LogP contribution in [0, 0.1) is 0 Å². The Morgan fingerprint density at radius 2 is 1.18 bits per heavy atom. The van der Waals surface area contributed by atoms with Crippen LogP contribution in [0.3, 0.4) is 0 Å². The Kier molecular flexibility index (Phi) is 8.93. The number of benzene rings is 4. The van der Waals surface area contributed by atoms with Crippen LogP contribution >= 0.6 is 0 Å². The highest BCUT2D eigenvalue weighted by Crippen LogP contribution is 2.37. The average Bonchev–Trinajstić information content (AvgIpc) is 3.55. The summed E-state index contributed by atoms with van der Waals surface area (Å²) >= 11 is 0. The maximum absolute atomic E-state index is 13.6. The molecule has 0 unspecified atom stereocenters. The lowest BCUT2D eigenvalue weighted by molar-refractivity contribution is 0.0914. The van der Waals surface area contributed by atoms with Gasteiger partial charge in [0.1, 0.15) is 11.5 Å². The van der Waals surface area contributed by atoms with E-state index in [1.807, 2.05) is 13.8 Å². The molecular formula is C32H31N3O7S2. The molecule has 12 heteroatoms. The third-order valence-electron chi connectivity index (χ3n) is 6.73. The first-order valence-electron chi connectivity index (χ1n) is 13.8. The maximum atomic E-state index is 13.6. The zero-order valence-corrected chi connectivity index (χ0v) is 25.7. The van der Waals surface area contributed by atoms with Crippen molar-refractivity contribution >= 4 is 48.1 Å². The first-order valence-corrected chi connectivity index (χ1v) is 16.8. The van der Waals surface area contributed by atoms with Gasteiger partial charge in [-0.1, -0.05) is 24.3 Å². The third-order valence-corrected chi connectivity index (χ3v) is 9.48. The number of aromatic nitrogens is 1. The van der Waals surface area contributed by atoms with E-state index in [0.717, 1.165) is 0 Å². The molecule has 4 aromatic carbocycles. The fourth-order valence-corrected chi connectivity index (χ4v) is 6.89. The summed E-state index contributed by atoms with van der Waals surface area (Å²) in [6, 6.07) is 23.6. The summed E-state index contributed by atoms with van der Waals surface area (Å²) in [7, 11) is -8.19. The summed E-state index contributed by atoms with van der Waals surface area (Å²) in [5, 5.41) is 0.841. The fourth-order valence-electron chi connectivity index (χ4n) is 4.69. The topological polar surface area (TPSA) is 133 Å². The van der Waals surface area contributed by atoms with E-state index >= 15 is 0 Å². The van der Waals surface area contributed by atoms with Crippen LogP contribution in [-0.4, -0.2) is 40.5 Å². The number of anilines is 2. The second kappa shape index (κ2) is 12.8. The molecule has 44 heavy (non-hydrogen) atoms. The Balaban J connectivity index is 1.60. The molecule has 0 aliphatic heterocycles. The second-order valence-corrected chi connectivity index (χ2v) is 13.0. The molecule has 228 valence electrons. The maximum Gasteiger partial charge on any atom is 0.261 e. The number of carbonyl (C=O) groups excluding carboxylic acids is 1. The third kappa shape index (κ3) is 6.71. The summed E-state index contributed by atoms with van der Waals surface area (Å²) in [5.41, 5.74) is 0.633. The van der Waals surface area contributed by atoms with E-state index in [1.165, 1.54) is 34.9 Å². The molecule has 2 N–H and O–H groups in total. The van der Waals surface area contributed by atoms with Crippen LogP contribution in [0.25, 0.3) is 10.8 Å². The fraction of sp³-hybridized carbons (Fsp3) is 0.156. The van der Waals surface area contributed by atoms with Gasteiger partial charge in [0.05, 0.1) is 40.8 Å². The van der Waals surface area contributed by atoms with Crippen molar-refractivity contribution in [3.05, 3.63) is 109 Å². The lowest BCUT2D eigenvalue weighted by atomic mass is 10.00. The standard InChI is InChI=1S/C32H31N3O7S2/c1-3-41-24-11-15-26(16-12-24)43(37,38)33-30-21-23(22-31(36)35-19-7-8-20-35)32(29-10-6-5-9-28(29)30)34-44(39,40)27-17-13-25(14-18-27)42-4-2/h5-21,33-34H,3-4,22H2,1-2H3. The van der Waals surface area contributed by atoms with Crippen molar-refractivity contribution in [2.75, 3.05) is 22.7 Å². The molecule has 0 radical (unpaired) electrons. The first kappa shape index (κ1) is 30.6. The smallest absolute Gasteiger partial charge is 0.261 e. The zero-order chi connectivity index (χ0) is 31.3. The molecule has 0 aliphatic rings. The molecule has 0 spiro atoms. The largest absolute Gasteiger partial charge is 0.494 e. The Morgan fingerprint density at radius 3 is 1.70 bits per heavy atom. The van der Waals surface area contributed by atoms with Gasteiger partial charge in [-0.2, -0.15) is 0 Å². The van der Waals surface area contributed by atoms with Crippen LogP contribution in [0.4, 0.5) is 11.4 Å². The highest BCUT2D eigenvalue weighted by atomic mass is 32.2. The predicted molar refractivity (Wildman–Crippen MR) is 170 cm³/mol. The minimum absolute atomic E-state index is 0.00648. The molecule has 0 atom stereocenters. The molecule has 0 amide bonds. The van der Waals surface area contributed by atoms with Crippen molar-refractivity contribution in [3.63, 3.8) is 0 Å². The molecule has 1 aromatic heterocycles. The van der Waals surface area contributed by atoms with Crippen LogP contribution in [0.5, 0.6) is 11.5 Å². The van der Waals surface area contributed by atoms with E-state index in [9.17, 15) is 21.6 Å². The molecule has 5 rings (SSSR count). The summed E-state index contributed by atoms with van der Waals surface area (Å²) < 4.78 is 71.6. The molecular weight excluding hydrogens is 603 g/mol. The van der Waals surface area contributed by atoms with Gasteiger partial charge in [-0.15, -0.1) is 0 Å². The number of rotatable bonds is 12. The molecule has 5 aromatic rings. The van der Waals surface area contributed by atoms with Crippen LogP contribution in [0.1, 0.15) is 24.2 Å². The summed E-state index contributed by atoms with van der Waals surface area (Å²) in [6.45, 7) is 4.53. The minimum Gasteiger partial charge on any atom is -0.494 e. The van der Waals surface area contributed by atoms with Crippen molar-refractivity contribution in [1.29, 1.82) is 0 Å². The van der Waals surface area contributed by atoms with Gasteiger partial charge in [-0.05, 0) is 86.1 Å². The Bertz CT molecular complexity index is 1990. The number of sulfonamides is 2. The Morgan fingerprint density at radius 1 is 0.682 bits per heavy atom. The highest BCUT2D eigenvalue weighted by Gasteiger charge is 2.23. The number of nitrogens with zero attached hydrogens (tertiary/aromatic N) is 1. The number of hydrogen-bond donors (Lipinski definition) is 2. The summed E-state index contributed by atoms with van der Waals surface area (Å²) in [5.74, 6) is 0.720. The van der Waals surface area contributed by atoms with Crippen molar-refractivity contribution in [2.45, 2.75) is 30.1 Å². The van der Waals surface area contributed by atoms with Gasteiger partial charge in [0.2, 0.25) is 5.91 Å². The van der Waals surface area contributed by atoms with Gasteiger partial charge < -0.3 is 9.47 Å². The molecule has 0 fully saturated rings. The van der Waals surface area contributed by atoms with Gasteiger partial charge in [0.25, 0.3) is 20.0 Å². The van der Waals surface area contributed by atoms with Gasteiger partial charge in [0.15, 0.2) is 0 Å². The molecule has 0 saturated carbocycles. The van der Waals surface area contributed by atoms with Crippen LogP contribution in [0.2, 0.25) is 0 Å². The van der Waals surface area contributed by atoms with Gasteiger partial charge in [-0.3, -0.25) is 18.8 Å². The normalized spacial score (nSPS) is 11.7. The van der Waals surface area contributed by atoms with Crippen molar-refractivity contribution < 1.29 is 31.1 Å². The number of hydrogen-bond acceptors (Lipinski definition) is 7. The summed E-state index contributed by atoms with van der Waals surface area (Å²) in [4.78, 5) is 13.2. The molecule has 0 bridgehead atoms. The van der Waals surface area contributed by atoms with Gasteiger partial charge >= 0.3 is 0 Å². The van der Waals surface area contributed by atoms with E-state index in [-0.39, 0.29) is 39.1 Å². The van der Waals surface area contributed by atoms with E-state index < -0.39 is 20.0 Å². The van der Waals surface area contributed by atoms with Crippen molar-refractivity contribution in [1.82, 2.24) is 4.57 Å². The SMILES string of the molecule is CCOc1ccc(S(=O)(=O)Nc2cc(CC(=O)n3cccc3)c(NS(=O)(=O)c3ccc(OCC)cc3)c3ccccc23)cc1. The zero-order valence-electron chi connectivity index (χ0n) is 24.1. The van der Waals surface area contributed by atoms with Gasteiger partial charge in [0, 0.05) is 23.2 Å². The van der Waals surface area contributed by atoms with Gasteiger partial charge in [-0.25, -0.2) is 16.8 Å². The van der Waals surface area contributed by atoms with Crippen LogP contribution in [-0.2, 0) is 26.5 Å². The lowest BCUT2D eigenvalue weighted by Crippen LogP contribution is -2.19. The monoisotopic (exact) mass is 633 g/mol. The lowest BCUT2D eigenvalue weighted by Gasteiger charge is -2.19. The first-order chi connectivity index (χ1) is 21.1. The quantitative estimate of drug-likeness (QED) is 0.174. The van der Waals surface area contributed by atoms with E-state index in [0.29, 0.717) is 35.5 Å². The molecule has 0 saturated heterocycles. The predicted octanol–water partition coefficient (Wildman–Crippen LogP) is 5.92. The van der Waals surface area contributed by atoms with Crippen LogP contribution < -0.4 is 18.9 Å². The number of nitrogens with one attached hydrogen (secondary N) is 2. The van der Waals surface area contributed by atoms with Crippen molar-refractivity contribution in [3.8, 4) is 11.5 Å². The molecule has 10 nitrogen and oxygen atoms in total. The molecule has 0 aliphatic carbocycles. The average molecular weight is 634 g/mol. The molecule has 1 heterocycles. The second-order valence-electron chi connectivity index (χ2n) is 9.68. The van der Waals surface area contributed by atoms with E-state index in [4.69, 9.17) is 9.47 Å². The number of carbonyl (C=O) groups is 1. The Labute approximate surface area is 256 Å². The number of ether oxygens (including phenoxy) is 2. The number of fused-ring (bicyclic) bond motifs is 1. The van der Waals surface area contributed by atoms with Crippen molar-refractivity contribution in [2.24, 2.45) is 0 Å². The highest BCUT2D eigenvalue weighted by molar-refractivity contribution is 7.93. The van der Waals surface area contributed by atoms with E-state index in [1.54, 1.807) is 73.1 Å². The van der Waals surface area contributed by atoms with Crippen LogP contribution in [0.15, 0.2) is 113 Å².